The highest BCUT2D eigenvalue weighted by atomic mass is 16.6. The van der Waals surface area contributed by atoms with E-state index in [1.807, 2.05) is 30.3 Å². The van der Waals surface area contributed by atoms with Gasteiger partial charge in [-0.15, -0.1) is 0 Å². The van der Waals surface area contributed by atoms with Crippen LogP contribution in [0.4, 0.5) is 21.0 Å². The standard InChI is InChI=1S/C22H24N2O5/c1-3-28-21(26)23-18-12-8-9-13-19(18)24(22(27)29-4-2)20(23)15-17(25)14-16-10-6-5-7-11-16/h5-13,20H,3-4,14-15H2,1-2H3. The summed E-state index contributed by atoms with van der Waals surface area (Å²) in [6, 6.07) is 16.3. The Morgan fingerprint density at radius 2 is 1.28 bits per heavy atom. The van der Waals surface area contributed by atoms with Crippen LogP contribution in [-0.4, -0.2) is 37.3 Å². The number of anilines is 2. The Balaban J connectivity index is 1.93. The van der Waals surface area contributed by atoms with Gasteiger partial charge in [0.1, 0.15) is 11.9 Å². The van der Waals surface area contributed by atoms with E-state index in [4.69, 9.17) is 9.47 Å². The van der Waals surface area contributed by atoms with Crippen LogP contribution < -0.4 is 9.80 Å². The number of Topliss-reactive ketones (excluding diaryl/α,β-unsaturated/α-hetero) is 1. The Morgan fingerprint density at radius 1 is 0.793 bits per heavy atom. The molecule has 0 saturated heterocycles. The molecule has 0 N–H and O–H groups in total. The van der Waals surface area contributed by atoms with Gasteiger partial charge in [-0.3, -0.25) is 14.6 Å². The fraction of sp³-hybridized carbons (Fsp3) is 0.318. The van der Waals surface area contributed by atoms with Crippen molar-refractivity contribution in [1.29, 1.82) is 0 Å². The van der Waals surface area contributed by atoms with Crippen LogP contribution in [-0.2, 0) is 20.7 Å². The molecule has 2 aromatic rings. The lowest BCUT2D eigenvalue weighted by atomic mass is 10.1. The Morgan fingerprint density at radius 3 is 1.76 bits per heavy atom. The van der Waals surface area contributed by atoms with Crippen LogP contribution in [0.5, 0.6) is 0 Å². The molecule has 1 heterocycles. The number of hydrogen-bond acceptors (Lipinski definition) is 5. The summed E-state index contributed by atoms with van der Waals surface area (Å²) in [7, 11) is 0. The maximum absolute atomic E-state index is 12.8. The summed E-state index contributed by atoms with van der Waals surface area (Å²) in [4.78, 5) is 40.9. The summed E-state index contributed by atoms with van der Waals surface area (Å²) in [5.74, 6) is -0.0994. The van der Waals surface area contributed by atoms with Crippen molar-refractivity contribution in [1.82, 2.24) is 0 Å². The van der Waals surface area contributed by atoms with Crippen LogP contribution in [0.2, 0.25) is 0 Å². The molecule has 0 aliphatic carbocycles. The van der Waals surface area contributed by atoms with Crippen LogP contribution in [0.1, 0.15) is 25.8 Å². The number of amides is 2. The third-order valence-electron chi connectivity index (χ3n) is 4.58. The average Bonchev–Trinajstić information content (AvgIpc) is 3.02. The minimum Gasteiger partial charge on any atom is -0.449 e. The Labute approximate surface area is 169 Å². The van der Waals surface area contributed by atoms with E-state index >= 15 is 0 Å². The quantitative estimate of drug-likeness (QED) is 0.733. The molecule has 7 heteroatoms. The van der Waals surface area contributed by atoms with E-state index in [1.54, 1.807) is 38.1 Å². The van der Waals surface area contributed by atoms with E-state index in [0.29, 0.717) is 11.4 Å². The smallest absolute Gasteiger partial charge is 0.416 e. The van der Waals surface area contributed by atoms with E-state index in [0.717, 1.165) is 5.56 Å². The fourth-order valence-corrected chi connectivity index (χ4v) is 3.42. The average molecular weight is 396 g/mol. The normalized spacial score (nSPS) is 13.2. The van der Waals surface area contributed by atoms with Crippen molar-refractivity contribution >= 4 is 29.3 Å². The van der Waals surface area contributed by atoms with Crippen molar-refractivity contribution in [2.75, 3.05) is 23.0 Å². The topological polar surface area (TPSA) is 76.2 Å². The number of rotatable bonds is 6. The molecule has 7 nitrogen and oxygen atoms in total. The first-order valence-corrected chi connectivity index (χ1v) is 9.63. The molecule has 0 atom stereocenters. The molecule has 0 radical (unpaired) electrons. The zero-order valence-corrected chi connectivity index (χ0v) is 16.5. The second-order valence-electron chi connectivity index (χ2n) is 6.51. The molecule has 0 saturated carbocycles. The SMILES string of the molecule is CCOC(=O)N1c2ccccc2N(C(=O)OCC)C1CC(=O)Cc1ccccc1. The van der Waals surface area contributed by atoms with Gasteiger partial charge in [0.2, 0.25) is 0 Å². The Kier molecular flexibility index (Phi) is 6.49. The van der Waals surface area contributed by atoms with Gasteiger partial charge in [-0.2, -0.15) is 0 Å². The summed E-state index contributed by atoms with van der Waals surface area (Å²) in [6.07, 6.45) is -1.89. The Hall–Kier alpha value is -3.35. The molecule has 2 aromatic carbocycles. The summed E-state index contributed by atoms with van der Waals surface area (Å²) in [6.45, 7) is 3.78. The molecule has 0 fully saturated rings. The molecule has 0 spiro atoms. The van der Waals surface area contributed by atoms with Gasteiger partial charge in [0.15, 0.2) is 0 Å². The largest absolute Gasteiger partial charge is 0.449 e. The molecule has 0 unspecified atom stereocenters. The molecule has 152 valence electrons. The second kappa shape index (κ2) is 9.23. The minimum atomic E-state index is -0.846. The zero-order valence-electron chi connectivity index (χ0n) is 16.5. The molecule has 0 aromatic heterocycles. The van der Waals surface area contributed by atoms with Gasteiger partial charge in [-0.1, -0.05) is 42.5 Å². The number of nitrogens with zero attached hydrogens (tertiary/aromatic N) is 2. The minimum absolute atomic E-state index is 0.0405. The maximum Gasteiger partial charge on any atom is 0.416 e. The van der Waals surface area contributed by atoms with E-state index in [9.17, 15) is 14.4 Å². The van der Waals surface area contributed by atoms with Crippen molar-refractivity contribution < 1.29 is 23.9 Å². The van der Waals surface area contributed by atoms with Crippen molar-refractivity contribution in [3.05, 3.63) is 60.2 Å². The van der Waals surface area contributed by atoms with Crippen LogP contribution in [0.25, 0.3) is 0 Å². The predicted octanol–water partition coefficient (Wildman–Crippen LogP) is 4.15. The Bertz CT molecular complexity index is 839. The van der Waals surface area contributed by atoms with E-state index < -0.39 is 18.4 Å². The molecular weight excluding hydrogens is 372 g/mol. The van der Waals surface area contributed by atoms with Gasteiger partial charge >= 0.3 is 12.2 Å². The number of fused-ring (bicyclic) bond motifs is 1. The lowest BCUT2D eigenvalue weighted by Gasteiger charge is -2.29. The lowest BCUT2D eigenvalue weighted by molar-refractivity contribution is -0.118. The third-order valence-corrected chi connectivity index (χ3v) is 4.58. The van der Waals surface area contributed by atoms with Crippen LogP contribution >= 0.6 is 0 Å². The van der Waals surface area contributed by atoms with Gasteiger partial charge in [-0.05, 0) is 31.5 Å². The lowest BCUT2D eigenvalue weighted by Crippen LogP contribution is -2.50. The highest BCUT2D eigenvalue weighted by Crippen LogP contribution is 2.41. The van der Waals surface area contributed by atoms with Crippen molar-refractivity contribution in [2.24, 2.45) is 0 Å². The number of carbonyl (C=O) groups is 3. The summed E-state index contributed by atoms with van der Waals surface area (Å²) < 4.78 is 10.4. The van der Waals surface area contributed by atoms with Gasteiger partial charge in [0.25, 0.3) is 0 Å². The van der Waals surface area contributed by atoms with E-state index in [-0.39, 0.29) is 31.8 Å². The summed E-state index contributed by atoms with van der Waals surface area (Å²) in [5, 5.41) is 0. The summed E-state index contributed by atoms with van der Waals surface area (Å²) in [5.41, 5.74) is 1.89. The van der Waals surface area contributed by atoms with Crippen LogP contribution in [0.3, 0.4) is 0 Å². The number of ether oxygens (including phenoxy) is 2. The molecule has 29 heavy (non-hydrogen) atoms. The molecule has 1 aliphatic heterocycles. The maximum atomic E-state index is 12.8. The zero-order chi connectivity index (χ0) is 20.8. The van der Waals surface area contributed by atoms with Gasteiger partial charge in [0, 0.05) is 12.8 Å². The molecular formula is C22H24N2O5. The van der Waals surface area contributed by atoms with E-state index in [2.05, 4.69) is 0 Å². The first-order chi connectivity index (χ1) is 14.1. The summed E-state index contributed by atoms with van der Waals surface area (Å²) >= 11 is 0. The van der Waals surface area contributed by atoms with Gasteiger partial charge < -0.3 is 9.47 Å². The van der Waals surface area contributed by atoms with Crippen molar-refractivity contribution in [3.63, 3.8) is 0 Å². The van der Waals surface area contributed by atoms with Gasteiger partial charge in [0.05, 0.1) is 24.6 Å². The number of para-hydroxylation sites is 2. The predicted molar refractivity (Wildman–Crippen MR) is 109 cm³/mol. The van der Waals surface area contributed by atoms with Crippen LogP contribution in [0, 0.1) is 0 Å². The second-order valence-corrected chi connectivity index (χ2v) is 6.51. The number of benzene rings is 2. The van der Waals surface area contributed by atoms with Crippen molar-refractivity contribution in [2.45, 2.75) is 32.9 Å². The first-order valence-electron chi connectivity index (χ1n) is 9.63. The van der Waals surface area contributed by atoms with Crippen molar-refractivity contribution in [3.8, 4) is 0 Å². The van der Waals surface area contributed by atoms with Gasteiger partial charge in [-0.25, -0.2) is 9.59 Å². The fourth-order valence-electron chi connectivity index (χ4n) is 3.42. The first kappa shape index (κ1) is 20.4. The highest BCUT2D eigenvalue weighted by molar-refractivity contribution is 6.05. The number of hydrogen-bond donors (Lipinski definition) is 0. The molecule has 3 rings (SSSR count). The number of carbonyl (C=O) groups excluding carboxylic acids is 3. The third kappa shape index (κ3) is 4.39. The molecule has 2 amide bonds. The molecule has 0 bridgehead atoms. The van der Waals surface area contributed by atoms with Crippen LogP contribution in [0.15, 0.2) is 54.6 Å². The highest BCUT2D eigenvalue weighted by Gasteiger charge is 2.44. The molecule has 1 aliphatic rings. The number of ketones is 1. The van der Waals surface area contributed by atoms with E-state index in [1.165, 1.54) is 9.80 Å². The monoisotopic (exact) mass is 396 g/mol.